The molecule has 2 N–H and O–H groups in total. The first-order chi connectivity index (χ1) is 15.6. The van der Waals surface area contributed by atoms with Crippen LogP contribution in [0.1, 0.15) is 15.9 Å². The zero-order valence-corrected chi connectivity index (χ0v) is 18.1. The van der Waals surface area contributed by atoms with E-state index in [1.807, 2.05) is 30.3 Å². The normalized spacial score (nSPS) is 11.3. The van der Waals surface area contributed by atoms with E-state index in [0.717, 1.165) is 5.56 Å². The monoisotopic (exact) mass is 437 g/mol. The lowest BCUT2D eigenvalue weighted by Gasteiger charge is -2.17. The molecule has 0 fully saturated rings. The van der Waals surface area contributed by atoms with Gasteiger partial charge < -0.3 is 29.4 Å². The first-order valence-electron chi connectivity index (χ1n) is 10.2. The maximum Gasteiger partial charge on any atom is 0.251 e. The van der Waals surface area contributed by atoms with Crippen molar-refractivity contribution in [3.63, 3.8) is 0 Å². The van der Waals surface area contributed by atoms with Gasteiger partial charge in [-0.05, 0) is 35.9 Å². The van der Waals surface area contributed by atoms with Gasteiger partial charge >= 0.3 is 0 Å². The number of hydrogen-bond donors (Lipinski definition) is 2. The fraction of sp³-hybridized carbons (Fsp3) is 0.240. The van der Waals surface area contributed by atoms with Gasteiger partial charge in [0.05, 0.1) is 14.2 Å². The van der Waals surface area contributed by atoms with Gasteiger partial charge in [0, 0.05) is 12.1 Å². The quantitative estimate of drug-likeness (QED) is 0.478. The molecule has 7 nitrogen and oxygen atoms in total. The Balaban J connectivity index is 1.50. The second kappa shape index (κ2) is 11.6. The number of aliphatic hydroxyl groups excluding tert-OH is 1. The van der Waals surface area contributed by atoms with E-state index < -0.39 is 6.10 Å². The SMILES string of the molecule is COc1cccc(OC)c1OCC(O)CNC(=O)c1cccc(OCc2ccccc2)c1. The van der Waals surface area contributed by atoms with Gasteiger partial charge in [-0.1, -0.05) is 42.5 Å². The van der Waals surface area contributed by atoms with Crippen LogP contribution in [0.2, 0.25) is 0 Å². The van der Waals surface area contributed by atoms with Crippen molar-refractivity contribution in [2.75, 3.05) is 27.4 Å². The number of methoxy groups -OCH3 is 2. The van der Waals surface area contributed by atoms with Crippen LogP contribution in [-0.4, -0.2) is 44.5 Å². The molecule has 0 radical (unpaired) electrons. The Morgan fingerprint density at radius 1 is 0.906 bits per heavy atom. The summed E-state index contributed by atoms with van der Waals surface area (Å²) in [7, 11) is 3.05. The molecule has 1 unspecified atom stereocenters. The van der Waals surface area contributed by atoms with Gasteiger partial charge in [0.1, 0.15) is 25.1 Å². The lowest BCUT2D eigenvalue weighted by Crippen LogP contribution is -2.35. The molecule has 0 spiro atoms. The van der Waals surface area contributed by atoms with E-state index in [9.17, 15) is 9.90 Å². The van der Waals surface area contributed by atoms with Crippen LogP contribution >= 0.6 is 0 Å². The van der Waals surface area contributed by atoms with Crippen molar-refractivity contribution < 1.29 is 28.8 Å². The number of aliphatic hydroxyl groups is 1. The number of carbonyl (C=O) groups is 1. The maximum absolute atomic E-state index is 12.5. The third kappa shape index (κ3) is 6.39. The molecule has 0 bridgehead atoms. The summed E-state index contributed by atoms with van der Waals surface area (Å²) in [4.78, 5) is 12.5. The summed E-state index contributed by atoms with van der Waals surface area (Å²) in [5.41, 5.74) is 1.48. The highest BCUT2D eigenvalue weighted by atomic mass is 16.5. The highest BCUT2D eigenvalue weighted by molar-refractivity contribution is 5.94. The minimum absolute atomic E-state index is 0.0192. The van der Waals surface area contributed by atoms with Crippen LogP contribution in [0.25, 0.3) is 0 Å². The molecule has 1 atom stereocenters. The van der Waals surface area contributed by atoms with Crippen molar-refractivity contribution in [1.29, 1.82) is 0 Å². The summed E-state index contributed by atoms with van der Waals surface area (Å²) >= 11 is 0. The fourth-order valence-electron chi connectivity index (χ4n) is 2.98. The average molecular weight is 437 g/mol. The standard InChI is InChI=1S/C25H27NO6/c1-29-22-12-7-13-23(30-2)24(22)32-17-20(27)15-26-25(28)19-10-6-11-21(14-19)31-16-18-8-4-3-5-9-18/h3-14,20,27H,15-17H2,1-2H3,(H,26,28). The highest BCUT2D eigenvalue weighted by Gasteiger charge is 2.15. The molecule has 0 aromatic heterocycles. The van der Waals surface area contributed by atoms with E-state index >= 15 is 0 Å². The molecule has 3 aromatic carbocycles. The molecule has 0 heterocycles. The van der Waals surface area contributed by atoms with Gasteiger partial charge in [0.2, 0.25) is 5.75 Å². The Morgan fingerprint density at radius 2 is 1.59 bits per heavy atom. The number of nitrogens with one attached hydrogen (secondary N) is 1. The third-order valence-electron chi connectivity index (χ3n) is 4.65. The molecule has 3 aromatic rings. The second-order valence-corrected chi connectivity index (χ2v) is 6.97. The van der Waals surface area contributed by atoms with Gasteiger partial charge in [0.15, 0.2) is 11.5 Å². The van der Waals surface area contributed by atoms with Crippen LogP contribution in [-0.2, 0) is 6.61 Å². The van der Waals surface area contributed by atoms with E-state index in [4.69, 9.17) is 18.9 Å². The number of carbonyl (C=O) groups excluding carboxylic acids is 1. The van der Waals surface area contributed by atoms with Crippen molar-refractivity contribution in [1.82, 2.24) is 5.32 Å². The number of para-hydroxylation sites is 1. The lowest BCUT2D eigenvalue weighted by molar-refractivity contribution is 0.0833. The molecule has 32 heavy (non-hydrogen) atoms. The molecule has 0 saturated heterocycles. The Kier molecular flexibility index (Phi) is 8.34. The average Bonchev–Trinajstić information content (AvgIpc) is 2.85. The molecule has 0 aliphatic carbocycles. The summed E-state index contributed by atoms with van der Waals surface area (Å²) in [5, 5.41) is 13.0. The van der Waals surface area contributed by atoms with Crippen molar-refractivity contribution in [2.45, 2.75) is 12.7 Å². The predicted octanol–water partition coefficient (Wildman–Crippen LogP) is 3.45. The van der Waals surface area contributed by atoms with E-state index in [1.54, 1.807) is 42.5 Å². The topological polar surface area (TPSA) is 86.3 Å². The van der Waals surface area contributed by atoms with Crippen LogP contribution in [0.15, 0.2) is 72.8 Å². The van der Waals surface area contributed by atoms with Gasteiger partial charge in [-0.2, -0.15) is 0 Å². The van der Waals surface area contributed by atoms with E-state index in [-0.39, 0.29) is 19.1 Å². The summed E-state index contributed by atoms with van der Waals surface area (Å²) < 4.78 is 22.0. The largest absolute Gasteiger partial charge is 0.493 e. The summed E-state index contributed by atoms with van der Waals surface area (Å²) in [6, 6.07) is 21.9. The Labute approximate surface area is 187 Å². The van der Waals surface area contributed by atoms with Crippen LogP contribution < -0.4 is 24.3 Å². The minimum Gasteiger partial charge on any atom is -0.493 e. The molecule has 168 valence electrons. The Bertz CT molecular complexity index is 986. The van der Waals surface area contributed by atoms with E-state index in [1.165, 1.54) is 14.2 Å². The molecule has 7 heteroatoms. The van der Waals surface area contributed by atoms with E-state index in [0.29, 0.717) is 35.2 Å². The molecule has 0 aliphatic heterocycles. The first kappa shape index (κ1) is 23.0. The Hall–Kier alpha value is -3.71. The van der Waals surface area contributed by atoms with Crippen LogP contribution in [0, 0.1) is 0 Å². The van der Waals surface area contributed by atoms with Gasteiger partial charge in [-0.15, -0.1) is 0 Å². The molecule has 3 rings (SSSR count). The molecular formula is C25H27NO6. The van der Waals surface area contributed by atoms with Crippen molar-refractivity contribution in [3.05, 3.63) is 83.9 Å². The number of ether oxygens (including phenoxy) is 4. The number of rotatable bonds is 11. The molecule has 0 saturated carbocycles. The lowest BCUT2D eigenvalue weighted by atomic mass is 10.2. The minimum atomic E-state index is -0.925. The van der Waals surface area contributed by atoms with Gasteiger partial charge in [0.25, 0.3) is 5.91 Å². The van der Waals surface area contributed by atoms with Crippen LogP contribution in [0.4, 0.5) is 0 Å². The van der Waals surface area contributed by atoms with Crippen LogP contribution in [0.5, 0.6) is 23.0 Å². The summed E-state index contributed by atoms with van der Waals surface area (Å²) in [6.45, 7) is 0.386. The van der Waals surface area contributed by atoms with Crippen molar-refractivity contribution >= 4 is 5.91 Å². The smallest absolute Gasteiger partial charge is 0.251 e. The molecule has 0 aliphatic rings. The number of benzene rings is 3. The Morgan fingerprint density at radius 3 is 2.28 bits per heavy atom. The summed E-state index contributed by atoms with van der Waals surface area (Å²) in [5.74, 6) is 1.66. The van der Waals surface area contributed by atoms with Crippen molar-refractivity contribution in [3.8, 4) is 23.0 Å². The maximum atomic E-state index is 12.5. The fourth-order valence-corrected chi connectivity index (χ4v) is 2.98. The first-order valence-corrected chi connectivity index (χ1v) is 10.2. The van der Waals surface area contributed by atoms with Crippen molar-refractivity contribution in [2.24, 2.45) is 0 Å². The molecule has 1 amide bonds. The van der Waals surface area contributed by atoms with Gasteiger partial charge in [-0.25, -0.2) is 0 Å². The third-order valence-corrected chi connectivity index (χ3v) is 4.65. The number of hydrogen-bond acceptors (Lipinski definition) is 6. The van der Waals surface area contributed by atoms with E-state index in [2.05, 4.69) is 5.32 Å². The highest BCUT2D eigenvalue weighted by Crippen LogP contribution is 2.36. The summed E-state index contributed by atoms with van der Waals surface area (Å²) in [6.07, 6.45) is -0.925. The van der Waals surface area contributed by atoms with Gasteiger partial charge in [-0.3, -0.25) is 4.79 Å². The zero-order valence-electron chi connectivity index (χ0n) is 18.1. The van der Waals surface area contributed by atoms with Crippen LogP contribution in [0.3, 0.4) is 0 Å². The second-order valence-electron chi connectivity index (χ2n) is 6.97. The predicted molar refractivity (Wildman–Crippen MR) is 121 cm³/mol. The number of amides is 1. The molecular weight excluding hydrogens is 410 g/mol. The zero-order chi connectivity index (χ0) is 22.8.